The molecule has 1 aromatic rings. The van der Waals surface area contributed by atoms with Gasteiger partial charge in [0.2, 0.25) is 0 Å². The lowest BCUT2D eigenvalue weighted by molar-refractivity contribution is -0.143. The molecule has 1 rings (SSSR count). The van der Waals surface area contributed by atoms with Crippen LogP contribution in [0.15, 0.2) is 12.3 Å². The van der Waals surface area contributed by atoms with Crippen molar-refractivity contribution < 1.29 is 9.53 Å². The smallest absolute Gasteiger partial charge is 0.327 e. The summed E-state index contributed by atoms with van der Waals surface area (Å²) in [5.74, 6) is 0.917. The van der Waals surface area contributed by atoms with E-state index in [1.165, 1.54) is 4.68 Å². The number of carbonyl (C=O) groups is 1. The van der Waals surface area contributed by atoms with Crippen LogP contribution in [-0.4, -0.2) is 32.9 Å². The highest BCUT2D eigenvalue weighted by Crippen LogP contribution is 2.22. The molecule has 0 radical (unpaired) electrons. The second kappa shape index (κ2) is 5.95. The molecule has 0 aliphatic rings. The van der Waals surface area contributed by atoms with Crippen LogP contribution in [0.25, 0.3) is 0 Å². The second-order valence-electron chi connectivity index (χ2n) is 4.62. The van der Waals surface area contributed by atoms with E-state index in [0.717, 1.165) is 5.75 Å². The lowest BCUT2D eigenvalue weighted by atomic mass is 10.3. The van der Waals surface area contributed by atoms with Crippen molar-refractivity contribution in [3.63, 3.8) is 0 Å². The average molecular weight is 257 g/mol. The summed E-state index contributed by atoms with van der Waals surface area (Å²) in [6.07, 6.45) is 1.65. The molecule has 0 atom stereocenters. The van der Waals surface area contributed by atoms with Crippen molar-refractivity contribution in [3.05, 3.63) is 12.3 Å². The minimum atomic E-state index is -0.289. The summed E-state index contributed by atoms with van der Waals surface area (Å²) < 4.78 is 6.75. The third-order valence-electron chi connectivity index (χ3n) is 1.83. The molecule has 6 heteroatoms. The first-order valence-electron chi connectivity index (χ1n) is 5.45. The molecule has 0 saturated heterocycles. The Kier molecular flexibility index (Phi) is 4.86. The van der Waals surface area contributed by atoms with Gasteiger partial charge in [0, 0.05) is 16.7 Å². The summed E-state index contributed by atoms with van der Waals surface area (Å²) in [6, 6.07) is 1.64. The number of nitrogen functional groups attached to an aromatic ring is 1. The number of thioether (sulfide) groups is 1. The Hall–Kier alpha value is -1.17. The molecule has 0 spiro atoms. The molecule has 96 valence electrons. The number of nitrogens with two attached hydrogens (primary N) is 1. The van der Waals surface area contributed by atoms with Crippen LogP contribution in [0.2, 0.25) is 0 Å². The predicted octanol–water partition coefficient (Wildman–Crippen LogP) is 1.54. The average Bonchev–Trinajstić information content (AvgIpc) is 2.57. The maximum absolute atomic E-state index is 11.4. The fourth-order valence-electron chi connectivity index (χ4n) is 1.15. The number of nitrogens with zero attached hydrogens (tertiary/aromatic N) is 2. The molecule has 0 aromatic carbocycles. The molecule has 0 aliphatic heterocycles. The minimum Gasteiger partial charge on any atom is -0.463 e. The number of hydrogen-bond acceptors (Lipinski definition) is 5. The fourth-order valence-corrected chi connectivity index (χ4v) is 1.93. The van der Waals surface area contributed by atoms with Gasteiger partial charge in [0.25, 0.3) is 0 Å². The van der Waals surface area contributed by atoms with Gasteiger partial charge in [-0.3, -0.25) is 9.48 Å². The standard InChI is InChI=1S/C11H19N3O2S/c1-11(2,3)17-7-6-16-10(15)8-14-5-4-9(12)13-14/h4-5H,6-8H2,1-3H3,(H2,12,13). The van der Waals surface area contributed by atoms with Gasteiger partial charge in [0.15, 0.2) is 0 Å². The predicted molar refractivity (Wildman–Crippen MR) is 69.8 cm³/mol. The van der Waals surface area contributed by atoms with Gasteiger partial charge < -0.3 is 10.5 Å². The Morgan fingerprint density at radius 2 is 2.29 bits per heavy atom. The van der Waals surface area contributed by atoms with Gasteiger partial charge in [-0.25, -0.2) is 0 Å². The zero-order valence-corrected chi connectivity index (χ0v) is 11.3. The monoisotopic (exact) mass is 257 g/mol. The molecule has 0 unspecified atom stereocenters. The van der Waals surface area contributed by atoms with Gasteiger partial charge in [-0.1, -0.05) is 20.8 Å². The van der Waals surface area contributed by atoms with Gasteiger partial charge in [-0.05, 0) is 6.07 Å². The Bertz CT molecular complexity index is 371. The minimum absolute atomic E-state index is 0.109. The number of hydrogen-bond donors (Lipinski definition) is 1. The molecule has 0 bridgehead atoms. The van der Waals surface area contributed by atoms with E-state index in [1.807, 2.05) is 0 Å². The number of anilines is 1. The van der Waals surface area contributed by atoms with Crippen LogP contribution in [0.1, 0.15) is 20.8 Å². The van der Waals surface area contributed by atoms with Crippen LogP contribution in [0, 0.1) is 0 Å². The van der Waals surface area contributed by atoms with E-state index in [0.29, 0.717) is 12.4 Å². The van der Waals surface area contributed by atoms with Gasteiger partial charge in [0.1, 0.15) is 19.0 Å². The maximum Gasteiger partial charge on any atom is 0.327 e. The summed E-state index contributed by atoms with van der Waals surface area (Å²) in [7, 11) is 0. The Balaban J connectivity index is 2.18. The van der Waals surface area contributed by atoms with Crippen LogP contribution in [0.5, 0.6) is 0 Å². The van der Waals surface area contributed by atoms with E-state index in [9.17, 15) is 4.79 Å². The summed E-state index contributed by atoms with van der Waals surface area (Å²) in [5.41, 5.74) is 5.44. The Morgan fingerprint density at radius 1 is 1.59 bits per heavy atom. The third-order valence-corrected chi connectivity index (χ3v) is 3.07. The number of ether oxygens (including phenoxy) is 1. The van der Waals surface area contributed by atoms with E-state index in [-0.39, 0.29) is 17.3 Å². The lowest BCUT2D eigenvalue weighted by Gasteiger charge is -2.17. The zero-order valence-electron chi connectivity index (χ0n) is 10.5. The lowest BCUT2D eigenvalue weighted by Crippen LogP contribution is -2.17. The van der Waals surface area contributed by atoms with Gasteiger partial charge in [-0.2, -0.15) is 16.9 Å². The molecule has 1 heterocycles. The molecule has 0 fully saturated rings. The molecule has 1 aromatic heterocycles. The molecule has 17 heavy (non-hydrogen) atoms. The molecule has 0 aliphatic carbocycles. The third kappa shape index (κ3) is 6.21. The number of aromatic nitrogens is 2. The van der Waals surface area contributed by atoms with Crippen molar-refractivity contribution in [1.29, 1.82) is 0 Å². The Morgan fingerprint density at radius 3 is 2.82 bits per heavy atom. The van der Waals surface area contributed by atoms with Crippen molar-refractivity contribution in [3.8, 4) is 0 Å². The normalized spacial score (nSPS) is 11.5. The van der Waals surface area contributed by atoms with Crippen molar-refractivity contribution in [2.75, 3.05) is 18.1 Å². The van der Waals surface area contributed by atoms with Crippen molar-refractivity contribution >= 4 is 23.5 Å². The first kappa shape index (κ1) is 13.9. The van der Waals surface area contributed by atoms with Gasteiger partial charge >= 0.3 is 5.97 Å². The summed E-state index contributed by atoms with van der Waals surface area (Å²) in [5, 5.41) is 3.91. The van der Waals surface area contributed by atoms with Crippen LogP contribution < -0.4 is 5.73 Å². The van der Waals surface area contributed by atoms with Crippen molar-refractivity contribution in [2.45, 2.75) is 32.1 Å². The largest absolute Gasteiger partial charge is 0.463 e. The van der Waals surface area contributed by atoms with E-state index >= 15 is 0 Å². The van der Waals surface area contributed by atoms with Crippen molar-refractivity contribution in [1.82, 2.24) is 9.78 Å². The topological polar surface area (TPSA) is 70.1 Å². The van der Waals surface area contributed by atoms with Gasteiger partial charge in [-0.15, -0.1) is 0 Å². The van der Waals surface area contributed by atoms with E-state index in [2.05, 4.69) is 25.9 Å². The molecule has 0 saturated carbocycles. The zero-order chi connectivity index (χ0) is 12.9. The highest BCUT2D eigenvalue weighted by Gasteiger charge is 2.11. The fraction of sp³-hybridized carbons (Fsp3) is 0.636. The van der Waals surface area contributed by atoms with Gasteiger partial charge in [0.05, 0.1) is 0 Å². The van der Waals surface area contributed by atoms with Crippen LogP contribution >= 0.6 is 11.8 Å². The molecular formula is C11H19N3O2S. The number of rotatable bonds is 5. The van der Waals surface area contributed by atoms with E-state index < -0.39 is 0 Å². The molecule has 2 N–H and O–H groups in total. The molecule has 5 nitrogen and oxygen atoms in total. The SMILES string of the molecule is CC(C)(C)SCCOC(=O)Cn1ccc(N)n1. The van der Waals surface area contributed by atoms with Crippen molar-refractivity contribution in [2.24, 2.45) is 0 Å². The highest BCUT2D eigenvalue weighted by molar-refractivity contribution is 8.00. The number of carbonyl (C=O) groups excluding carboxylic acids is 1. The van der Waals surface area contributed by atoms with E-state index in [1.54, 1.807) is 24.0 Å². The van der Waals surface area contributed by atoms with Crippen LogP contribution in [0.3, 0.4) is 0 Å². The first-order chi connectivity index (χ1) is 7.87. The number of esters is 1. The van der Waals surface area contributed by atoms with Crippen LogP contribution in [0.4, 0.5) is 5.82 Å². The second-order valence-corrected chi connectivity index (χ2v) is 6.54. The molecular weight excluding hydrogens is 238 g/mol. The quantitative estimate of drug-likeness (QED) is 0.640. The Labute approximate surface area is 106 Å². The van der Waals surface area contributed by atoms with Crippen LogP contribution in [-0.2, 0) is 16.1 Å². The summed E-state index contributed by atoms with van der Waals surface area (Å²) in [4.78, 5) is 11.4. The van der Waals surface area contributed by atoms with E-state index in [4.69, 9.17) is 10.5 Å². The maximum atomic E-state index is 11.4. The highest BCUT2D eigenvalue weighted by atomic mass is 32.2. The summed E-state index contributed by atoms with van der Waals surface area (Å²) >= 11 is 1.77. The molecule has 0 amide bonds. The first-order valence-corrected chi connectivity index (χ1v) is 6.44. The summed E-state index contributed by atoms with van der Waals surface area (Å²) in [6.45, 7) is 6.93.